The number of allylic oxidation sites excluding steroid dienone is 1. The summed E-state index contributed by atoms with van der Waals surface area (Å²) in [5, 5.41) is 0.976. The molecule has 0 saturated carbocycles. The normalized spacial score (nSPS) is 12.6. The monoisotopic (exact) mass is 386 g/mol. The van der Waals surface area contributed by atoms with Crippen LogP contribution in [0.15, 0.2) is 24.0 Å². The molecule has 6 nitrogen and oxygen atoms in total. The first-order valence-corrected chi connectivity index (χ1v) is 10.6. The molecule has 0 radical (unpaired) electrons. The topological polar surface area (TPSA) is 76.7 Å². The quantitative estimate of drug-likeness (QED) is 0.407. The first-order valence-electron chi connectivity index (χ1n) is 8.16. The van der Waals surface area contributed by atoms with Crippen molar-refractivity contribution in [3.05, 3.63) is 29.0 Å². The van der Waals surface area contributed by atoms with Crippen LogP contribution in [0.4, 0.5) is 0 Å². The van der Waals surface area contributed by atoms with Gasteiger partial charge in [0, 0.05) is 12.8 Å². The van der Waals surface area contributed by atoms with Crippen molar-refractivity contribution in [1.82, 2.24) is 0 Å². The predicted octanol–water partition coefficient (Wildman–Crippen LogP) is 3.26. The third kappa shape index (κ3) is 5.42. The van der Waals surface area contributed by atoms with E-state index in [0.717, 1.165) is 33.2 Å². The summed E-state index contributed by atoms with van der Waals surface area (Å²) < 4.78 is 45.1. The molecule has 0 atom stereocenters. The molecule has 0 fully saturated rings. The standard InChI is InChI=1S/C17H23NO5S2/c1-4-13(23-5-2)12-17-18(9-6-10-25(19,20)21)15-11-14(22-3)7-8-16(15)24-17/h7-8,11-12H,4-6,9-10H2,1-3H3/p+1/b13-12-. The van der Waals surface area contributed by atoms with Crippen molar-refractivity contribution in [2.75, 3.05) is 19.5 Å². The summed E-state index contributed by atoms with van der Waals surface area (Å²) in [6, 6.07) is 5.82. The lowest BCUT2D eigenvalue weighted by Crippen LogP contribution is -2.36. The van der Waals surface area contributed by atoms with Crippen molar-refractivity contribution in [3.8, 4) is 5.75 Å². The summed E-state index contributed by atoms with van der Waals surface area (Å²) in [4.78, 5) is 0. The van der Waals surface area contributed by atoms with E-state index in [0.29, 0.717) is 19.6 Å². The van der Waals surface area contributed by atoms with Crippen molar-refractivity contribution in [1.29, 1.82) is 0 Å². The van der Waals surface area contributed by atoms with Gasteiger partial charge in [-0.05, 0) is 19.1 Å². The number of fused-ring (bicyclic) bond motifs is 1. The molecule has 0 aliphatic rings. The minimum atomic E-state index is -3.97. The van der Waals surface area contributed by atoms with Crippen molar-refractivity contribution < 1.29 is 27.0 Å². The third-order valence-electron chi connectivity index (χ3n) is 3.68. The molecule has 0 aliphatic heterocycles. The van der Waals surface area contributed by atoms with Crippen LogP contribution in [0.3, 0.4) is 0 Å². The molecule has 138 valence electrons. The number of nitrogens with zero attached hydrogens (tertiary/aromatic N) is 1. The number of benzene rings is 1. The highest BCUT2D eigenvalue weighted by molar-refractivity contribution is 7.85. The van der Waals surface area contributed by atoms with Gasteiger partial charge >= 0.3 is 0 Å². The summed E-state index contributed by atoms with van der Waals surface area (Å²) >= 11 is 1.61. The first kappa shape index (κ1) is 19.7. The molecule has 0 saturated heterocycles. The van der Waals surface area contributed by atoms with Crippen LogP contribution in [0, 0.1) is 0 Å². The summed E-state index contributed by atoms with van der Waals surface area (Å²) in [5.74, 6) is 1.35. The number of aryl methyl sites for hydroxylation is 1. The molecular weight excluding hydrogens is 362 g/mol. The molecule has 1 N–H and O–H groups in total. The van der Waals surface area contributed by atoms with Gasteiger partial charge in [0.1, 0.15) is 16.2 Å². The maximum atomic E-state index is 11.0. The molecule has 2 rings (SSSR count). The Labute approximate surface area is 152 Å². The van der Waals surface area contributed by atoms with Crippen LogP contribution in [0.25, 0.3) is 16.3 Å². The number of rotatable bonds is 9. The van der Waals surface area contributed by atoms with E-state index in [4.69, 9.17) is 14.0 Å². The van der Waals surface area contributed by atoms with E-state index in [-0.39, 0.29) is 5.75 Å². The van der Waals surface area contributed by atoms with Gasteiger partial charge in [0.25, 0.3) is 15.1 Å². The van der Waals surface area contributed by atoms with Gasteiger partial charge in [-0.1, -0.05) is 18.3 Å². The number of hydrogen-bond acceptors (Lipinski definition) is 5. The van der Waals surface area contributed by atoms with Crippen LogP contribution in [0.2, 0.25) is 0 Å². The molecule has 0 aliphatic carbocycles. The van der Waals surface area contributed by atoms with E-state index in [1.54, 1.807) is 18.4 Å². The van der Waals surface area contributed by atoms with Gasteiger partial charge in [-0.3, -0.25) is 4.55 Å². The molecular formula is C17H24NO5S2+. The second-order valence-electron chi connectivity index (χ2n) is 5.46. The molecule has 1 aromatic heterocycles. The summed E-state index contributed by atoms with van der Waals surface area (Å²) in [7, 11) is -2.35. The van der Waals surface area contributed by atoms with Gasteiger partial charge in [0.05, 0.1) is 31.6 Å². The van der Waals surface area contributed by atoms with Crippen LogP contribution in [0.5, 0.6) is 5.75 Å². The maximum absolute atomic E-state index is 11.0. The molecule has 1 aromatic carbocycles. The fourth-order valence-corrected chi connectivity index (χ4v) is 4.14. The average molecular weight is 387 g/mol. The minimum absolute atomic E-state index is 0.267. The van der Waals surface area contributed by atoms with Gasteiger partial charge in [-0.2, -0.15) is 13.0 Å². The Hall–Kier alpha value is -1.64. The molecule has 0 spiro atoms. The summed E-state index contributed by atoms with van der Waals surface area (Å²) in [6.45, 7) is 5.04. The average Bonchev–Trinajstić information content (AvgIpc) is 2.90. The van der Waals surface area contributed by atoms with E-state index in [1.165, 1.54) is 0 Å². The zero-order valence-corrected chi connectivity index (χ0v) is 16.3. The van der Waals surface area contributed by atoms with Gasteiger partial charge in [0.2, 0.25) is 5.52 Å². The van der Waals surface area contributed by atoms with Crippen molar-refractivity contribution in [2.24, 2.45) is 0 Å². The van der Waals surface area contributed by atoms with Crippen LogP contribution >= 0.6 is 11.3 Å². The number of thiazole rings is 1. The lowest BCUT2D eigenvalue weighted by atomic mass is 10.3. The Morgan fingerprint density at radius 3 is 2.72 bits per heavy atom. The molecule has 8 heteroatoms. The van der Waals surface area contributed by atoms with Gasteiger partial charge in [-0.15, -0.1) is 0 Å². The molecule has 0 amide bonds. The highest BCUT2D eigenvalue weighted by atomic mass is 32.2. The van der Waals surface area contributed by atoms with E-state index in [1.807, 2.05) is 42.7 Å². The Kier molecular flexibility index (Phi) is 6.80. The molecule has 0 unspecified atom stereocenters. The second-order valence-corrected chi connectivity index (χ2v) is 8.10. The third-order valence-corrected chi connectivity index (χ3v) is 5.60. The highest BCUT2D eigenvalue weighted by Gasteiger charge is 2.21. The Morgan fingerprint density at radius 2 is 2.12 bits per heavy atom. The maximum Gasteiger partial charge on any atom is 0.266 e. The SMILES string of the molecule is CCO/C(=C\c1sc2ccc(OC)cc2[n+]1CCCS(=O)(=O)O)CC. The number of hydrogen-bond donors (Lipinski definition) is 1. The Balaban J connectivity index is 2.45. The number of ether oxygens (including phenoxy) is 2. The zero-order chi connectivity index (χ0) is 18.4. The van der Waals surface area contributed by atoms with Crippen LogP contribution in [-0.2, 0) is 21.4 Å². The minimum Gasteiger partial charge on any atom is -0.498 e. The summed E-state index contributed by atoms with van der Waals surface area (Å²) in [6.07, 6.45) is 3.09. The highest BCUT2D eigenvalue weighted by Crippen LogP contribution is 2.26. The van der Waals surface area contributed by atoms with E-state index in [9.17, 15) is 8.42 Å². The molecule has 25 heavy (non-hydrogen) atoms. The van der Waals surface area contributed by atoms with E-state index >= 15 is 0 Å². The van der Waals surface area contributed by atoms with E-state index < -0.39 is 10.1 Å². The van der Waals surface area contributed by atoms with Gasteiger partial charge in [-0.25, -0.2) is 0 Å². The van der Waals surface area contributed by atoms with Gasteiger partial charge in [0.15, 0.2) is 6.54 Å². The smallest absolute Gasteiger partial charge is 0.266 e. The lowest BCUT2D eigenvalue weighted by molar-refractivity contribution is -0.668. The number of methoxy groups -OCH3 is 1. The van der Waals surface area contributed by atoms with Crippen molar-refractivity contribution in [2.45, 2.75) is 33.2 Å². The van der Waals surface area contributed by atoms with Crippen LogP contribution in [-0.4, -0.2) is 32.4 Å². The van der Waals surface area contributed by atoms with Crippen molar-refractivity contribution in [3.63, 3.8) is 0 Å². The van der Waals surface area contributed by atoms with Crippen molar-refractivity contribution >= 4 is 37.7 Å². The van der Waals surface area contributed by atoms with Crippen LogP contribution < -0.4 is 9.30 Å². The van der Waals surface area contributed by atoms with E-state index in [2.05, 4.69) is 0 Å². The molecule has 2 aromatic rings. The Morgan fingerprint density at radius 1 is 1.36 bits per heavy atom. The fraction of sp³-hybridized carbons (Fsp3) is 0.471. The Bertz CT molecular complexity index is 855. The number of aromatic nitrogens is 1. The molecule has 0 bridgehead atoms. The first-order chi connectivity index (χ1) is 11.9. The molecule has 1 heterocycles. The second kappa shape index (κ2) is 8.64. The van der Waals surface area contributed by atoms with Crippen LogP contribution in [0.1, 0.15) is 31.7 Å². The predicted molar refractivity (Wildman–Crippen MR) is 99.5 cm³/mol. The lowest BCUT2D eigenvalue weighted by Gasteiger charge is -2.04. The zero-order valence-electron chi connectivity index (χ0n) is 14.7. The fourth-order valence-electron chi connectivity index (χ4n) is 2.52. The van der Waals surface area contributed by atoms with Gasteiger partial charge < -0.3 is 9.47 Å². The summed E-state index contributed by atoms with van der Waals surface area (Å²) in [5.41, 5.74) is 0.970. The largest absolute Gasteiger partial charge is 0.498 e.